The van der Waals surface area contributed by atoms with E-state index in [1.165, 1.54) is 35.2 Å². The van der Waals surface area contributed by atoms with Crippen molar-refractivity contribution in [1.29, 1.82) is 0 Å². The monoisotopic (exact) mass is 629 g/mol. The first kappa shape index (κ1) is 31.0. The van der Waals surface area contributed by atoms with Crippen LogP contribution in [0.25, 0.3) is 11.3 Å². The van der Waals surface area contributed by atoms with E-state index < -0.39 is 35.2 Å². The Balaban J connectivity index is 1.29. The van der Waals surface area contributed by atoms with Crippen molar-refractivity contribution in [2.24, 2.45) is 0 Å². The summed E-state index contributed by atoms with van der Waals surface area (Å²) in [5, 5.41) is 6.48. The van der Waals surface area contributed by atoms with E-state index in [2.05, 4.69) is 15.4 Å². The third-order valence-electron chi connectivity index (χ3n) is 7.37. The number of nitrogens with one attached hydrogen (secondary N) is 1. The number of aromatic nitrogens is 1. The number of carbonyl (C=O) groups excluding carboxylic acids is 2. The van der Waals surface area contributed by atoms with Crippen molar-refractivity contribution in [2.75, 3.05) is 44.6 Å². The number of hydrogen-bond acceptors (Lipinski definition) is 5. The van der Waals surface area contributed by atoms with E-state index in [0.717, 1.165) is 12.1 Å². The highest BCUT2D eigenvalue weighted by Crippen LogP contribution is 2.34. The van der Waals surface area contributed by atoms with Crippen molar-refractivity contribution < 1.29 is 31.7 Å². The Morgan fingerprint density at radius 2 is 1.66 bits per heavy atom. The maximum atomic E-state index is 14.8. The van der Waals surface area contributed by atoms with E-state index in [-0.39, 0.29) is 46.4 Å². The van der Waals surface area contributed by atoms with Gasteiger partial charge in [-0.05, 0) is 48.9 Å². The van der Waals surface area contributed by atoms with E-state index in [0.29, 0.717) is 44.4 Å². The summed E-state index contributed by atoms with van der Waals surface area (Å²) >= 11 is 6.28. The first-order valence-corrected chi connectivity index (χ1v) is 14.2. The van der Waals surface area contributed by atoms with E-state index in [9.17, 15) is 27.2 Å². The molecule has 1 saturated heterocycles. The molecular weight excluding hydrogens is 602 g/mol. The van der Waals surface area contributed by atoms with Gasteiger partial charge in [-0.1, -0.05) is 35.0 Å². The van der Waals surface area contributed by atoms with Crippen LogP contribution < -0.4 is 5.32 Å². The van der Waals surface area contributed by atoms with Crippen LogP contribution in [0.5, 0.6) is 0 Å². The van der Waals surface area contributed by atoms with Gasteiger partial charge in [-0.2, -0.15) is 0 Å². The van der Waals surface area contributed by atoms with Crippen molar-refractivity contribution >= 4 is 29.2 Å². The summed E-state index contributed by atoms with van der Waals surface area (Å²) in [4.78, 5) is 31.8. The zero-order valence-electron chi connectivity index (χ0n) is 23.6. The van der Waals surface area contributed by atoms with Gasteiger partial charge in [0.05, 0.1) is 16.3 Å². The molecule has 0 atom stereocenters. The number of benzene rings is 3. The molecular formula is C31H28ClF4N5O3. The highest BCUT2D eigenvalue weighted by Gasteiger charge is 2.30. The quantitative estimate of drug-likeness (QED) is 0.230. The average molecular weight is 630 g/mol. The summed E-state index contributed by atoms with van der Waals surface area (Å²) < 4.78 is 60.9. The molecule has 1 aliphatic heterocycles. The second-order valence-electron chi connectivity index (χ2n) is 10.3. The first-order valence-electron chi connectivity index (χ1n) is 13.8. The summed E-state index contributed by atoms with van der Waals surface area (Å²) in [6.45, 7) is 3.95. The Labute approximate surface area is 255 Å². The molecule has 0 saturated carbocycles. The molecule has 0 aliphatic carbocycles. The fourth-order valence-electron chi connectivity index (χ4n) is 4.96. The summed E-state index contributed by atoms with van der Waals surface area (Å²) in [6.07, 6.45) is 0. The number of amides is 3. The van der Waals surface area contributed by atoms with Crippen molar-refractivity contribution in [3.63, 3.8) is 0 Å². The first-order chi connectivity index (χ1) is 21.1. The molecule has 3 amide bonds. The van der Waals surface area contributed by atoms with Crippen LogP contribution in [0.1, 0.15) is 21.7 Å². The van der Waals surface area contributed by atoms with Crippen LogP contribution in [-0.4, -0.2) is 71.1 Å². The largest absolute Gasteiger partial charge is 0.360 e. The highest BCUT2D eigenvalue weighted by molar-refractivity contribution is 6.33. The lowest BCUT2D eigenvalue weighted by Crippen LogP contribution is -2.51. The predicted octanol–water partition coefficient (Wildman–Crippen LogP) is 6.35. The average Bonchev–Trinajstić information content (AvgIpc) is 3.38. The Hall–Kier alpha value is -4.42. The Morgan fingerprint density at radius 1 is 0.955 bits per heavy atom. The summed E-state index contributed by atoms with van der Waals surface area (Å²) in [6, 6.07) is 12.3. The third-order valence-corrected chi connectivity index (χ3v) is 7.68. The van der Waals surface area contributed by atoms with Crippen LogP contribution in [0, 0.1) is 30.2 Å². The van der Waals surface area contributed by atoms with Gasteiger partial charge in [0.25, 0.3) is 5.91 Å². The highest BCUT2D eigenvalue weighted by atomic mass is 35.5. The number of urea groups is 1. The summed E-state index contributed by atoms with van der Waals surface area (Å²) in [7, 11) is 0. The standard InChI is InChI=1S/C31H28ClF4N5O3/c1-19-27(29(38-44-19)28-23(32)3-2-4-24(28)35)30(42)41(18-20-5-7-21(33)8-6-20)16-13-39-11-14-40(15-12-39)31(43)37-26-10-9-22(34)17-25(26)36/h2-10,17H,11-16,18H2,1H3,(H,37,43). The summed E-state index contributed by atoms with van der Waals surface area (Å²) in [5.41, 5.74) is 0.555. The van der Waals surface area contributed by atoms with Crippen LogP contribution in [-0.2, 0) is 6.54 Å². The zero-order chi connectivity index (χ0) is 31.4. The molecule has 3 aromatic carbocycles. The number of anilines is 1. The van der Waals surface area contributed by atoms with Gasteiger partial charge in [0, 0.05) is 51.9 Å². The van der Waals surface area contributed by atoms with Crippen LogP contribution in [0.3, 0.4) is 0 Å². The summed E-state index contributed by atoms with van der Waals surface area (Å²) in [5.74, 6) is -2.97. The fourth-order valence-corrected chi connectivity index (χ4v) is 5.21. The van der Waals surface area contributed by atoms with Gasteiger partial charge < -0.3 is 19.6 Å². The maximum absolute atomic E-state index is 14.8. The second-order valence-corrected chi connectivity index (χ2v) is 10.7. The molecule has 5 rings (SSSR count). The van der Waals surface area contributed by atoms with Crippen molar-refractivity contribution in [3.05, 3.63) is 106 Å². The van der Waals surface area contributed by atoms with Crippen LogP contribution in [0.2, 0.25) is 5.02 Å². The number of aryl methyl sites for hydroxylation is 1. The molecule has 1 aliphatic rings. The zero-order valence-corrected chi connectivity index (χ0v) is 24.4. The molecule has 4 aromatic rings. The van der Waals surface area contributed by atoms with Gasteiger partial charge in [-0.25, -0.2) is 22.4 Å². The minimum absolute atomic E-state index is 0.0167. The van der Waals surface area contributed by atoms with Crippen LogP contribution in [0.15, 0.2) is 65.2 Å². The molecule has 230 valence electrons. The maximum Gasteiger partial charge on any atom is 0.322 e. The van der Waals surface area contributed by atoms with Gasteiger partial charge in [0.15, 0.2) is 0 Å². The third kappa shape index (κ3) is 7.03. The van der Waals surface area contributed by atoms with Gasteiger partial charge in [-0.15, -0.1) is 0 Å². The van der Waals surface area contributed by atoms with Crippen LogP contribution >= 0.6 is 11.6 Å². The van der Waals surface area contributed by atoms with Gasteiger partial charge in [-0.3, -0.25) is 9.69 Å². The number of halogens is 5. The molecule has 1 aromatic heterocycles. The van der Waals surface area contributed by atoms with Crippen LogP contribution in [0.4, 0.5) is 28.0 Å². The number of hydrogen-bond donors (Lipinski definition) is 1. The van der Waals surface area contributed by atoms with E-state index in [1.54, 1.807) is 24.0 Å². The Bertz CT molecular complexity index is 1640. The lowest BCUT2D eigenvalue weighted by molar-refractivity contribution is 0.0703. The van der Waals surface area contributed by atoms with Crippen molar-refractivity contribution in [1.82, 2.24) is 19.9 Å². The van der Waals surface area contributed by atoms with E-state index in [1.807, 2.05) is 0 Å². The molecule has 0 spiro atoms. The number of nitrogens with zero attached hydrogens (tertiary/aromatic N) is 4. The number of carbonyl (C=O) groups is 2. The van der Waals surface area contributed by atoms with E-state index >= 15 is 0 Å². The van der Waals surface area contributed by atoms with Crippen molar-refractivity contribution in [3.8, 4) is 11.3 Å². The minimum Gasteiger partial charge on any atom is -0.360 e. The molecule has 0 bridgehead atoms. The number of piperazine rings is 1. The molecule has 1 fully saturated rings. The lowest BCUT2D eigenvalue weighted by atomic mass is 10.0. The number of rotatable bonds is 8. The Morgan fingerprint density at radius 3 is 2.34 bits per heavy atom. The molecule has 2 heterocycles. The van der Waals surface area contributed by atoms with Gasteiger partial charge in [0.1, 0.15) is 40.3 Å². The molecule has 13 heteroatoms. The molecule has 0 unspecified atom stereocenters. The minimum atomic E-state index is -0.869. The molecule has 44 heavy (non-hydrogen) atoms. The molecule has 0 radical (unpaired) electrons. The Kier molecular flexibility index (Phi) is 9.50. The normalized spacial score (nSPS) is 13.6. The fraction of sp³-hybridized carbons (Fsp3) is 0.258. The second kappa shape index (κ2) is 13.5. The molecule has 1 N–H and O–H groups in total. The topological polar surface area (TPSA) is 81.9 Å². The molecule has 8 nitrogen and oxygen atoms in total. The van der Waals surface area contributed by atoms with Gasteiger partial charge >= 0.3 is 6.03 Å². The van der Waals surface area contributed by atoms with Crippen molar-refractivity contribution in [2.45, 2.75) is 13.5 Å². The lowest BCUT2D eigenvalue weighted by Gasteiger charge is -2.36. The van der Waals surface area contributed by atoms with Gasteiger partial charge in [0.2, 0.25) is 0 Å². The predicted molar refractivity (Wildman–Crippen MR) is 156 cm³/mol. The van der Waals surface area contributed by atoms with E-state index in [4.69, 9.17) is 16.1 Å². The smallest absolute Gasteiger partial charge is 0.322 e. The SMILES string of the molecule is Cc1onc(-c2c(F)cccc2Cl)c1C(=O)N(CCN1CCN(C(=O)Nc2ccc(F)cc2F)CC1)Cc1ccc(F)cc1.